The van der Waals surface area contributed by atoms with Gasteiger partial charge in [0, 0.05) is 12.7 Å². The van der Waals surface area contributed by atoms with Gasteiger partial charge in [-0.15, -0.1) is 0 Å². The first-order chi connectivity index (χ1) is 8.88. The number of benzene rings is 1. The molecule has 0 atom stereocenters. The molecule has 2 aromatic rings. The SMILES string of the molecule is NCc1cncc(OCCCc2ccccc2)n1. The molecule has 0 amide bonds. The molecule has 1 heterocycles. The molecule has 0 aliphatic heterocycles. The van der Waals surface area contributed by atoms with Crippen molar-refractivity contribution in [2.24, 2.45) is 5.73 Å². The van der Waals surface area contributed by atoms with Crippen LogP contribution in [0.4, 0.5) is 0 Å². The second-order valence-corrected chi connectivity index (χ2v) is 3.99. The molecule has 2 N–H and O–H groups in total. The quantitative estimate of drug-likeness (QED) is 0.788. The maximum absolute atomic E-state index is 5.54. The summed E-state index contributed by atoms with van der Waals surface area (Å²) in [5.41, 5.74) is 7.56. The van der Waals surface area contributed by atoms with Crippen molar-refractivity contribution in [1.29, 1.82) is 0 Å². The van der Waals surface area contributed by atoms with Gasteiger partial charge >= 0.3 is 0 Å². The van der Waals surface area contributed by atoms with Crippen LogP contribution < -0.4 is 10.5 Å². The van der Waals surface area contributed by atoms with E-state index in [1.807, 2.05) is 18.2 Å². The predicted octanol–water partition coefficient (Wildman–Crippen LogP) is 1.95. The zero-order chi connectivity index (χ0) is 12.6. The van der Waals surface area contributed by atoms with Gasteiger partial charge in [0.1, 0.15) is 0 Å². The average molecular weight is 243 g/mol. The summed E-state index contributed by atoms with van der Waals surface area (Å²) in [6.07, 6.45) is 5.22. The lowest BCUT2D eigenvalue weighted by atomic mass is 10.1. The van der Waals surface area contributed by atoms with Crippen LogP contribution in [0.15, 0.2) is 42.7 Å². The number of hydrogen-bond acceptors (Lipinski definition) is 4. The van der Waals surface area contributed by atoms with E-state index in [4.69, 9.17) is 10.5 Å². The van der Waals surface area contributed by atoms with E-state index >= 15 is 0 Å². The molecule has 0 unspecified atom stereocenters. The van der Waals surface area contributed by atoms with Crippen LogP contribution >= 0.6 is 0 Å². The van der Waals surface area contributed by atoms with Crippen LogP contribution in [0.25, 0.3) is 0 Å². The highest BCUT2D eigenvalue weighted by atomic mass is 16.5. The van der Waals surface area contributed by atoms with Gasteiger partial charge in [-0.3, -0.25) is 4.98 Å². The van der Waals surface area contributed by atoms with Crippen LogP contribution in [-0.2, 0) is 13.0 Å². The second-order valence-electron chi connectivity index (χ2n) is 3.99. The fourth-order valence-electron chi connectivity index (χ4n) is 1.65. The lowest BCUT2D eigenvalue weighted by Crippen LogP contribution is -2.05. The monoisotopic (exact) mass is 243 g/mol. The van der Waals surface area contributed by atoms with Gasteiger partial charge in [0.2, 0.25) is 5.88 Å². The number of aromatic nitrogens is 2. The Morgan fingerprint density at radius 1 is 1.11 bits per heavy atom. The van der Waals surface area contributed by atoms with Gasteiger partial charge in [0.15, 0.2) is 0 Å². The van der Waals surface area contributed by atoms with Gasteiger partial charge in [0.05, 0.1) is 18.5 Å². The molecule has 4 nitrogen and oxygen atoms in total. The minimum absolute atomic E-state index is 0.383. The maximum atomic E-state index is 5.54. The van der Waals surface area contributed by atoms with E-state index < -0.39 is 0 Å². The van der Waals surface area contributed by atoms with Crippen molar-refractivity contribution in [3.63, 3.8) is 0 Å². The first kappa shape index (κ1) is 12.5. The van der Waals surface area contributed by atoms with Crippen LogP contribution in [0.1, 0.15) is 17.7 Å². The van der Waals surface area contributed by atoms with E-state index in [9.17, 15) is 0 Å². The molecule has 0 bridgehead atoms. The van der Waals surface area contributed by atoms with E-state index in [0.29, 0.717) is 19.0 Å². The number of hydrogen-bond donors (Lipinski definition) is 1. The van der Waals surface area contributed by atoms with Gasteiger partial charge in [-0.2, -0.15) is 0 Å². The van der Waals surface area contributed by atoms with Gasteiger partial charge in [-0.05, 0) is 18.4 Å². The maximum Gasteiger partial charge on any atom is 0.232 e. The van der Waals surface area contributed by atoms with E-state index in [1.54, 1.807) is 12.4 Å². The number of aryl methyl sites for hydroxylation is 1. The fourth-order valence-corrected chi connectivity index (χ4v) is 1.65. The number of ether oxygens (including phenoxy) is 1. The zero-order valence-corrected chi connectivity index (χ0v) is 10.2. The van der Waals surface area contributed by atoms with Crippen molar-refractivity contribution in [3.8, 4) is 5.88 Å². The molecule has 0 saturated carbocycles. The molecule has 0 aliphatic carbocycles. The highest BCUT2D eigenvalue weighted by molar-refractivity contribution is 5.14. The normalized spacial score (nSPS) is 10.3. The number of nitrogens with two attached hydrogens (primary N) is 1. The van der Waals surface area contributed by atoms with Gasteiger partial charge in [-0.25, -0.2) is 4.98 Å². The van der Waals surface area contributed by atoms with Crippen molar-refractivity contribution in [1.82, 2.24) is 9.97 Å². The van der Waals surface area contributed by atoms with Crippen molar-refractivity contribution >= 4 is 0 Å². The van der Waals surface area contributed by atoms with Crippen LogP contribution in [-0.4, -0.2) is 16.6 Å². The first-order valence-corrected chi connectivity index (χ1v) is 6.06. The molecular weight excluding hydrogens is 226 g/mol. The Kier molecular flexibility index (Phi) is 4.67. The van der Waals surface area contributed by atoms with Crippen molar-refractivity contribution < 1.29 is 4.74 Å². The molecule has 1 aromatic carbocycles. The molecular formula is C14H17N3O. The molecule has 0 aliphatic rings. The van der Waals surface area contributed by atoms with Crippen LogP contribution in [0.2, 0.25) is 0 Å². The molecule has 4 heteroatoms. The van der Waals surface area contributed by atoms with E-state index in [1.165, 1.54) is 5.56 Å². The highest BCUT2D eigenvalue weighted by Crippen LogP contribution is 2.07. The molecule has 94 valence electrons. The summed E-state index contributed by atoms with van der Waals surface area (Å²) in [6.45, 7) is 1.02. The molecule has 0 saturated heterocycles. The minimum atomic E-state index is 0.383. The predicted molar refractivity (Wildman–Crippen MR) is 70.2 cm³/mol. The molecule has 0 radical (unpaired) electrons. The summed E-state index contributed by atoms with van der Waals surface area (Å²) in [5, 5.41) is 0. The Balaban J connectivity index is 1.75. The third-order valence-corrected chi connectivity index (χ3v) is 2.57. The topological polar surface area (TPSA) is 61.0 Å². The van der Waals surface area contributed by atoms with E-state index in [0.717, 1.165) is 18.5 Å². The summed E-state index contributed by atoms with van der Waals surface area (Å²) in [5.74, 6) is 0.547. The number of nitrogens with zero attached hydrogens (tertiary/aromatic N) is 2. The Labute approximate surface area is 107 Å². The lowest BCUT2D eigenvalue weighted by molar-refractivity contribution is 0.297. The zero-order valence-electron chi connectivity index (χ0n) is 10.2. The summed E-state index contributed by atoms with van der Waals surface area (Å²) in [7, 11) is 0. The highest BCUT2D eigenvalue weighted by Gasteiger charge is 1.98. The average Bonchev–Trinajstić information content (AvgIpc) is 2.45. The van der Waals surface area contributed by atoms with E-state index in [-0.39, 0.29) is 0 Å². The molecule has 1 aromatic heterocycles. The third kappa shape index (κ3) is 3.82. The largest absolute Gasteiger partial charge is 0.477 e. The summed E-state index contributed by atoms with van der Waals surface area (Å²) in [6, 6.07) is 10.4. The smallest absolute Gasteiger partial charge is 0.232 e. The van der Waals surface area contributed by atoms with Gasteiger partial charge < -0.3 is 10.5 Å². The van der Waals surface area contributed by atoms with E-state index in [2.05, 4.69) is 22.1 Å². The first-order valence-electron chi connectivity index (χ1n) is 6.06. The Morgan fingerprint density at radius 2 is 1.94 bits per heavy atom. The van der Waals surface area contributed by atoms with Crippen molar-refractivity contribution in [3.05, 3.63) is 54.0 Å². The fraction of sp³-hybridized carbons (Fsp3) is 0.286. The molecule has 0 spiro atoms. The van der Waals surface area contributed by atoms with Gasteiger partial charge in [-0.1, -0.05) is 30.3 Å². The summed E-state index contributed by atoms with van der Waals surface area (Å²) >= 11 is 0. The van der Waals surface area contributed by atoms with Crippen LogP contribution in [0.5, 0.6) is 5.88 Å². The van der Waals surface area contributed by atoms with Crippen molar-refractivity contribution in [2.75, 3.05) is 6.61 Å². The third-order valence-electron chi connectivity index (χ3n) is 2.57. The molecule has 2 rings (SSSR count). The van der Waals surface area contributed by atoms with Crippen LogP contribution in [0.3, 0.4) is 0 Å². The summed E-state index contributed by atoms with van der Waals surface area (Å²) in [4.78, 5) is 8.25. The Hall–Kier alpha value is -1.94. The molecule has 0 fully saturated rings. The molecule has 18 heavy (non-hydrogen) atoms. The van der Waals surface area contributed by atoms with Gasteiger partial charge in [0.25, 0.3) is 0 Å². The minimum Gasteiger partial charge on any atom is -0.477 e. The van der Waals surface area contributed by atoms with Crippen LogP contribution in [0, 0.1) is 0 Å². The van der Waals surface area contributed by atoms with Crippen molar-refractivity contribution in [2.45, 2.75) is 19.4 Å². The Morgan fingerprint density at radius 3 is 2.72 bits per heavy atom. The lowest BCUT2D eigenvalue weighted by Gasteiger charge is -2.05. The Bertz CT molecular complexity index is 473. The second kappa shape index (κ2) is 6.71. The summed E-state index contributed by atoms with van der Waals surface area (Å²) < 4.78 is 5.54. The standard InChI is InChI=1S/C14H17N3O/c15-9-13-10-16-11-14(17-13)18-8-4-7-12-5-2-1-3-6-12/h1-3,5-6,10-11H,4,7-9,15H2. The number of rotatable bonds is 6.